The van der Waals surface area contributed by atoms with E-state index in [9.17, 15) is 32.7 Å². The van der Waals surface area contributed by atoms with Crippen LogP contribution in [0.5, 0.6) is 0 Å². The minimum Gasteiger partial charge on any atom is -0.357 e. The molecule has 142 valence electrons. The minimum absolute atomic E-state index is 0.0758. The average Bonchev–Trinajstić information content (AvgIpc) is 3.14. The summed E-state index contributed by atoms with van der Waals surface area (Å²) < 4.78 is 38.1. The first-order valence-corrected chi connectivity index (χ1v) is 8.23. The first kappa shape index (κ1) is 19.2. The van der Waals surface area contributed by atoms with Crippen LogP contribution >= 0.6 is 22.9 Å². The number of nitrogens with zero attached hydrogens (tertiary/aromatic N) is 4. The van der Waals surface area contributed by atoms with Gasteiger partial charge in [0.2, 0.25) is 15.9 Å². The normalized spacial score (nSPS) is 20.5. The third-order valence-corrected chi connectivity index (χ3v) is 4.90. The van der Waals surface area contributed by atoms with Gasteiger partial charge in [-0.25, -0.2) is 4.79 Å². The van der Waals surface area contributed by atoms with Gasteiger partial charge in [-0.15, -0.1) is 10.2 Å². The first-order chi connectivity index (χ1) is 12.5. The van der Waals surface area contributed by atoms with E-state index in [1.807, 2.05) is 0 Å². The molecule has 0 saturated carbocycles. The van der Waals surface area contributed by atoms with Crippen LogP contribution in [-0.4, -0.2) is 50.7 Å². The fraction of sp³-hybridized carbons (Fsp3) is 0.214. The molecule has 2 aromatic rings. The number of benzene rings is 1. The highest BCUT2D eigenvalue weighted by atomic mass is 35.5. The smallest absolute Gasteiger partial charge is 0.357 e. The van der Waals surface area contributed by atoms with E-state index in [4.69, 9.17) is 11.6 Å². The highest BCUT2D eigenvalue weighted by molar-refractivity contribution is 7.15. The molecule has 1 aromatic heterocycles. The van der Waals surface area contributed by atoms with E-state index in [0.29, 0.717) is 4.90 Å². The zero-order valence-electron chi connectivity index (χ0n) is 13.2. The Morgan fingerprint density at radius 3 is 2.52 bits per heavy atom. The van der Waals surface area contributed by atoms with Crippen LogP contribution in [-0.2, 0) is 11.0 Å². The number of urea groups is 1. The van der Waals surface area contributed by atoms with Crippen molar-refractivity contribution in [3.05, 3.63) is 39.9 Å². The van der Waals surface area contributed by atoms with Gasteiger partial charge in [-0.1, -0.05) is 35.1 Å². The van der Waals surface area contributed by atoms with Crippen molar-refractivity contribution in [2.75, 3.05) is 11.9 Å². The zero-order chi connectivity index (χ0) is 20.1. The van der Waals surface area contributed by atoms with Gasteiger partial charge >= 0.3 is 12.2 Å². The number of aliphatic hydroxyl groups is 1. The molecule has 3 amide bonds. The average molecular weight is 421 g/mol. The molecular weight excluding hydrogens is 413 g/mol. The SMILES string of the molecule is CN1C(=O)N(c2nnc(C(F)(F)F)s2)C(=O)C1(O)C(=O)c1cccc(Cl)c1. The molecule has 0 bridgehead atoms. The van der Waals surface area contributed by atoms with Gasteiger partial charge in [0.25, 0.3) is 11.6 Å². The van der Waals surface area contributed by atoms with Gasteiger partial charge in [-0.3, -0.25) is 14.5 Å². The molecule has 1 atom stereocenters. The van der Waals surface area contributed by atoms with Crippen molar-refractivity contribution in [1.29, 1.82) is 0 Å². The second-order valence-electron chi connectivity index (χ2n) is 5.38. The second kappa shape index (κ2) is 6.25. The van der Waals surface area contributed by atoms with E-state index in [2.05, 4.69) is 10.2 Å². The van der Waals surface area contributed by atoms with Crippen molar-refractivity contribution >= 4 is 45.8 Å². The Kier molecular flexibility index (Phi) is 4.44. The maximum Gasteiger partial charge on any atom is 0.445 e. The highest BCUT2D eigenvalue weighted by Gasteiger charge is 2.61. The monoisotopic (exact) mass is 420 g/mol. The summed E-state index contributed by atoms with van der Waals surface area (Å²) in [5, 5.41) is 14.7. The van der Waals surface area contributed by atoms with Crippen LogP contribution in [0.2, 0.25) is 5.02 Å². The zero-order valence-corrected chi connectivity index (χ0v) is 14.8. The number of hydrogen-bond donors (Lipinski definition) is 1. The Hall–Kier alpha value is -2.57. The van der Waals surface area contributed by atoms with Gasteiger partial charge in [0, 0.05) is 17.6 Å². The summed E-state index contributed by atoms with van der Waals surface area (Å²) in [7, 11) is 0.953. The number of hydrogen-bond acceptors (Lipinski definition) is 7. The number of amides is 3. The van der Waals surface area contributed by atoms with Crippen molar-refractivity contribution in [1.82, 2.24) is 15.1 Å². The fourth-order valence-corrected chi connectivity index (χ4v) is 3.24. The van der Waals surface area contributed by atoms with Crippen LogP contribution in [0.3, 0.4) is 0 Å². The van der Waals surface area contributed by atoms with Gasteiger partial charge in [0.15, 0.2) is 0 Å². The molecule has 8 nitrogen and oxygen atoms in total. The lowest BCUT2D eigenvalue weighted by Gasteiger charge is -2.24. The van der Waals surface area contributed by atoms with E-state index in [1.165, 1.54) is 24.3 Å². The van der Waals surface area contributed by atoms with Crippen LogP contribution in [0.4, 0.5) is 23.1 Å². The Morgan fingerprint density at radius 2 is 1.96 bits per heavy atom. The number of rotatable bonds is 3. The second-order valence-corrected chi connectivity index (χ2v) is 6.77. The highest BCUT2D eigenvalue weighted by Crippen LogP contribution is 2.38. The van der Waals surface area contributed by atoms with E-state index in [1.54, 1.807) is 0 Å². The lowest BCUT2D eigenvalue weighted by molar-refractivity contribution is -0.138. The number of Topliss-reactive ketones (excluding diaryl/α,β-unsaturated/α-hetero) is 1. The molecule has 1 aromatic carbocycles. The lowest BCUT2D eigenvalue weighted by atomic mass is 10.00. The van der Waals surface area contributed by atoms with Gasteiger partial charge in [0.1, 0.15) is 0 Å². The van der Waals surface area contributed by atoms with Crippen LogP contribution in [0.15, 0.2) is 24.3 Å². The van der Waals surface area contributed by atoms with Crippen molar-refractivity contribution in [3.8, 4) is 0 Å². The van der Waals surface area contributed by atoms with Crippen LogP contribution in [0, 0.1) is 0 Å². The standard InChI is InChI=1S/C14H8ClF3N4O4S/c1-21-12(25)22(11-20-19-9(27-11)14(16,17)18)10(24)13(21,26)8(23)6-3-2-4-7(15)5-6/h2-5,26H,1H3. The molecular formula is C14H8ClF3N4O4S. The molecule has 27 heavy (non-hydrogen) atoms. The van der Waals surface area contributed by atoms with Gasteiger partial charge in [-0.05, 0) is 12.1 Å². The number of ketones is 1. The third-order valence-electron chi connectivity index (χ3n) is 3.72. The topological polar surface area (TPSA) is 104 Å². The van der Waals surface area contributed by atoms with Gasteiger partial charge < -0.3 is 5.11 Å². The minimum atomic E-state index is -4.83. The number of likely N-dealkylation sites (N-methyl/N-ethyl adjacent to an activating group) is 1. The first-order valence-electron chi connectivity index (χ1n) is 7.03. The van der Waals surface area contributed by atoms with Gasteiger partial charge in [0.05, 0.1) is 0 Å². The lowest BCUT2D eigenvalue weighted by Crippen LogP contribution is -2.54. The quantitative estimate of drug-likeness (QED) is 0.463. The molecule has 0 aliphatic carbocycles. The predicted molar refractivity (Wildman–Crippen MR) is 86.3 cm³/mol. The maximum absolute atomic E-state index is 12.7. The molecule has 1 aliphatic heterocycles. The molecule has 2 heterocycles. The molecule has 1 unspecified atom stereocenters. The Balaban J connectivity index is 2.02. The van der Waals surface area contributed by atoms with Gasteiger partial charge in [-0.2, -0.15) is 18.1 Å². The van der Waals surface area contributed by atoms with Crippen molar-refractivity contribution in [2.45, 2.75) is 11.9 Å². The van der Waals surface area contributed by atoms with E-state index < -0.39 is 39.8 Å². The van der Waals surface area contributed by atoms with Crippen LogP contribution in [0.25, 0.3) is 0 Å². The van der Waals surface area contributed by atoms with E-state index >= 15 is 0 Å². The summed E-state index contributed by atoms with van der Waals surface area (Å²) in [5.74, 6) is -2.64. The molecule has 1 N–H and O–H groups in total. The molecule has 3 rings (SSSR count). The number of anilines is 1. The van der Waals surface area contributed by atoms with Crippen molar-refractivity contribution < 1.29 is 32.7 Å². The number of imide groups is 1. The molecule has 1 aliphatic rings. The molecule has 13 heteroatoms. The summed E-state index contributed by atoms with van der Waals surface area (Å²) in [6, 6.07) is 4.02. The van der Waals surface area contributed by atoms with E-state index in [0.717, 1.165) is 7.05 Å². The summed E-state index contributed by atoms with van der Waals surface area (Å²) >= 11 is 5.70. The van der Waals surface area contributed by atoms with Crippen molar-refractivity contribution in [2.24, 2.45) is 0 Å². The summed E-state index contributed by atoms with van der Waals surface area (Å²) in [6.45, 7) is 0. The Morgan fingerprint density at radius 1 is 1.30 bits per heavy atom. The van der Waals surface area contributed by atoms with Crippen LogP contribution in [0.1, 0.15) is 15.4 Å². The molecule has 0 spiro atoms. The Bertz CT molecular complexity index is 966. The third kappa shape index (κ3) is 2.95. The fourth-order valence-electron chi connectivity index (χ4n) is 2.34. The molecule has 0 radical (unpaired) electrons. The number of alkyl halides is 3. The number of aromatic nitrogens is 2. The van der Waals surface area contributed by atoms with Crippen LogP contribution < -0.4 is 4.90 Å². The summed E-state index contributed by atoms with van der Waals surface area (Å²) in [5.41, 5.74) is -3.14. The number of halogens is 4. The number of carbonyl (C=O) groups excluding carboxylic acids is 3. The van der Waals surface area contributed by atoms with Crippen molar-refractivity contribution in [3.63, 3.8) is 0 Å². The largest absolute Gasteiger partial charge is 0.445 e. The number of carbonyl (C=O) groups is 3. The maximum atomic E-state index is 12.7. The Labute approximate surface area is 157 Å². The van der Waals surface area contributed by atoms with E-state index in [-0.39, 0.29) is 26.8 Å². The summed E-state index contributed by atoms with van der Waals surface area (Å²) in [6.07, 6.45) is -4.83. The molecule has 1 saturated heterocycles. The predicted octanol–water partition coefficient (Wildman–Crippen LogP) is 2.18. The molecule has 1 fully saturated rings. The summed E-state index contributed by atoms with van der Waals surface area (Å²) in [4.78, 5) is 38.2.